The topological polar surface area (TPSA) is 133 Å². The van der Waals surface area contributed by atoms with Crippen molar-refractivity contribution in [3.8, 4) is 11.5 Å². The number of hydrogen-bond acceptors (Lipinski definition) is 10. The molecule has 0 bridgehead atoms. The van der Waals surface area contributed by atoms with Gasteiger partial charge in [-0.25, -0.2) is 18.2 Å². The Morgan fingerprint density at radius 2 is 2.11 bits per heavy atom. The Hall–Kier alpha value is -3.51. The summed E-state index contributed by atoms with van der Waals surface area (Å²) in [5.74, 6) is -0.455. The number of fused-ring (bicyclic) bond motifs is 1. The van der Waals surface area contributed by atoms with Crippen LogP contribution in [0.1, 0.15) is 10.4 Å². The Bertz CT molecular complexity index is 1540. The molecule has 1 unspecified atom stereocenters. The second-order valence-corrected chi connectivity index (χ2v) is 10.4. The number of hydrogen-bond donors (Lipinski definition) is 2. The minimum absolute atomic E-state index is 0.0942. The summed E-state index contributed by atoms with van der Waals surface area (Å²) < 4.78 is 43.3. The predicted octanol–water partition coefficient (Wildman–Crippen LogP) is 3.79. The van der Waals surface area contributed by atoms with Gasteiger partial charge in [0.2, 0.25) is 15.7 Å². The van der Waals surface area contributed by atoms with E-state index in [4.69, 9.17) is 25.5 Å². The summed E-state index contributed by atoms with van der Waals surface area (Å²) in [5, 5.41) is 7.02. The SMILES string of the molecule is COC(=O)c1c(Nc2c(S(=O)(=O)C3CNCCO3)cnc3ccc(Cl)cc23)cccc1-c1ncco1. The lowest BCUT2D eigenvalue weighted by Crippen LogP contribution is -2.43. The third-order valence-corrected chi connectivity index (χ3v) is 7.87. The van der Waals surface area contributed by atoms with E-state index in [1.807, 2.05) is 0 Å². The summed E-state index contributed by atoms with van der Waals surface area (Å²) >= 11 is 6.27. The molecule has 186 valence electrons. The Morgan fingerprint density at radius 3 is 2.83 bits per heavy atom. The van der Waals surface area contributed by atoms with E-state index >= 15 is 0 Å². The van der Waals surface area contributed by atoms with Crippen molar-refractivity contribution in [3.63, 3.8) is 0 Å². The summed E-state index contributed by atoms with van der Waals surface area (Å²) in [6, 6.07) is 9.93. The van der Waals surface area contributed by atoms with E-state index < -0.39 is 21.2 Å². The normalized spacial score (nSPS) is 16.1. The number of nitrogens with zero attached hydrogens (tertiary/aromatic N) is 2. The number of ether oxygens (including phenoxy) is 2. The molecule has 4 aromatic rings. The molecule has 1 atom stereocenters. The van der Waals surface area contributed by atoms with Crippen LogP contribution in [0.5, 0.6) is 0 Å². The van der Waals surface area contributed by atoms with Gasteiger partial charge in [0.15, 0.2) is 5.44 Å². The van der Waals surface area contributed by atoms with Gasteiger partial charge in [-0.1, -0.05) is 17.7 Å². The van der Waals surface area contributed by atoms with Gasteiger partial charge in [0.05, 0.1) is 47.9 Å². The zero-order valence-corrected chi connectivity index (χ0v) is 20.6. The number of morpholine rings is 1. The minimum Gasteiger partial charge on any atom is -0.465 e. The highest BCUT2D eigenvalue weighted by atomic mass is 35.5. The van der Waals surface area contributed by atoms with E-state index in [1.54, 1.807) is 36.4 Å². The first-order chi connectivity index (χ1) is 17.4. The van der Waals surface area contributed by atoms with Gasteiger partial charge < -0.3 is 24.5 Å². The third kappa shape index (κ3) is 4.42. The van der Waals surface area contributed by atoms with Crippen LogP contribution in [0.25, 0.3) is 22.4 Å². The average molecular weight is 529 g/mol. The molecule has 0 aliphatic carbocycles. The lowest BCUT2D eigenvalue weighted by atomic mass is 10.0. The maximum Gasteiger partial charge on any atom is 0.340 e. The second kappa shape index (κ2) is 9.86. The number of aromatic nitrogens is 2. The van der Waals surface area contributed by atoms with Gasteiger partial charge in [-0.05, 0) is 30.3 Å². The smallest absolute Gasteiger partial charge is 0.340 e. The molecule has 2 aromatic carbocycles. The van der Waals surface area contributed by atoms with Crippen LogP contribution < -0.4 is 10.6 Å². The quantitative estimate of drug-likeness (QED) is 0.356. The molecule has 3 heterocycles. The number of nitrogens with one attached hydrogen (secondary N) is 2. The van der Waals surface area contributed by atoms with Crippen molar-refractivity contribution < 1.29 is 27.1 Å². The van der Waals surface area contributed by atoms with Gasteiger partial charge >= 0.3 is 5.97 Å². The molecule has 0 spiro atoms. The standard InChI is InChI=1S/C24H21ClN4O6S/c1-33-24(30)21-15(23-27-8-10-35-23)3-2-4-18(21)29-22-16-11-14(25)5-6-17(16)28-12-19(22)36(31,32)20-13-26-7-9-34-20/h2-6,8,10-12,20,26H,7,9,13H2,1H3,(H,28,29). The lowest BCUT2D eigenvalue weighted by Gasteiger charge is -2.25. The van der Waals surface area contributed by atoms with Crippen LogP contribution in [0.3, 0.4) is 0 Å². The first-order valence-electron chi connectivity index (χ1n) is 10.9. The molecule has 5 rings (SSSR count). The second-order valence-electron chi connectivity index (χ2n) is 7.89. The Morgan fingerprint density at radius 1 is 1.25 bits per heavy atom. The van der Waals surface area contributed by atoms with Crippen molar-refractivity contribution in [2.45, 2.75) is 10.3 Å². The largest absolute Gasteiger partial charge is 0.465 e. The van der Waals surface area contributed by atoms with Crippen molar-refractivity contribution in [2.24, 2.45) is 0 Å². The minimum atomic E-state index is -4.01. The fraction of sp³-hybridized carbons (Fsp3) is 0.208. The Kier molecular flexibility index (Phi) is 6.63. The third-order valence-electron chi connectivity index (χ3n) is 5.72. The highest BCUT2D eigenvalue weighted by Gasteiger charge is 2.34. The molecule has 12 heteroatoms. The van der Waals surface area contributed by atoms with Crippen LogP contribution >= 0.6 is 11.6 Å². The van der Waals surface area contributed by atoms with Crippen LogP contribution in [0, 0.1) is 0 Å². The van der Waals surface area contributed by atoms with Crippen molar-refractivity contribution in [3.05, 3.63) is 65.6 Å². The number of methoxy groups -OCH3 is 1. The number of halogens is 1. The van der Waals surface area contributed by atoms with Gasteiger partial charge in [-0.2, -0.15) is 0 Å². The van der Waals surface area contributed by atoms with Crippen LogP contribution in [-0.2, 0) is 19.3 Å². The van der Waals surface area contributed by atoms with Gasteiger partial charge in [0, 0.05) is 29.7 Å². The van der Waals surface area contributed by atoms with E-state index in [1.165, 1.54) is 25.8 Å². The molecule has 36 heavy (non-hydrogen) atoms. The maximum atomic E-state index is 13.7. The van der Waals surface area contributed by atoms with Crippen molar-refractivity contribution in [2.75, 3.05) is 32.1 Å². The first-order valence-corrected chi connectivity index (χ1v) is 12.9. The van der Waals surface area contributed by atoms with E-state index in [2.05, 4.69) is 20.6 Å². The monoisotopic (exact) mass is 528 g/mol. The molecule has 1 fully saturated rings. The number of esters is 1. The zero-order valence-electron chi connectivity index (χ0n) is 19.0. The van der Waals surface area contributed by atoms with Crippen LogP contribution in [0.4, 0.5) is 11.4 Å². The van der Waals surface area contributed by atoms with Gasteiger partial charge in [-0.15, -0.1) is 0 Å². The lowest BCUT2D eigenvalue weighted by molar-refractivity contribution is 0.0602. The van der Waals surface area contributed by atoms with E-state index in [9.17, 15) is 13.2 Å². The molecule has 2 N–H and O–H groups in total. The number of rotatable bonds is 6. The summed E-state index contributed by atoms with van der Waals surface area (Å²) in [5.41, 5.74) is 0.373. The van der Waals surface area contributed by atoms with Crippen LogP contribution in [0.15, 0.2) is 64.4 Å². The van der Waals surface area contributed by atoms with E-state index in [0.29, 0.717) is 28.0 Å². The zero-order chi connectivity index (χ0) is 25.3. The van der Waals surface area contributed by atoms with Crippen molar-refractivity contribution in [1.29, 1.82) is 0 Å². The molecule has 0 saturated carbocycles. The predicted molar refractivity (Wildman–Crippen MR) is 133 cm³/mol. The highest BCUT2D eigenvalue weighted by Crippen LogP contribution is 2.38. The Labute approximate surface area is 211 Å². The summed E-state index contributed by atoms with van der Waals surface area (Å²) in [4.78, 5) is 21.3. The summed E-state index contributed by atoms with van der Waals surface area (Å²) in [7, 11) is -2.76. The molecule has 1 saturated heterocycles. The van der Waals surface area contributed by atoms with Crippen molar-refractivity contribution in [1.82, 2.24) is 15.3 Å². The van der Waals surface area contributed by atoms with E-state index in [-0.39, 0.29) is 40.9 Å². The number of anilines is 2. The van der Waals surface area contributed by atoms with Crippen LogP contribution in [0.2, 0.25) is 5.02 Å². The molecule has 1 aliphatic heterocycles. The number of sulfone groups is 1. The molecule has 1 aliphatic rings. The highest BCUT2D eigenvalue weighted by molar-refractivity contribution is 7.92. The van der Waals surface area contributed by atoms with Crippen molar-refractivity contribution >= 4 is 49.7 Å². The molecule has 0 amide bonds. The Balaban J connectivity index is 1.73. The average Bonchev–Trinajstić information content (AvgIpc) is 3.44. The molecule has 10 nitrogen and oxygen atoms in total. The van der Waals surface area contributed by atoms with Gasteiger partial charge in [-0.3, -0.25) is 4.98 Å². The number of oxazole rings is 1. The molecular formula is C24H21ClN4O6S. The molecule has 2 aromatic heterocycles. The van der Waals surface area contributed by atoms with Gasteiger partial charge in [0.1, 0.15) is 11.2 Å². The fourth-order valence-corrected chi connectivity index (χ4v) is 5.73. The van der Waals surface area contributed by atoms with E-state index in [0.717, 1.165) is 0 Å². The number of carbonyl (C=O) groups excluding carboxylic acids is 1. The number of carbonyl (C=O) groups is 1. The maximum absolute atomic E-state index is 13.7. The first kappa shape index (κ1) is 24.2. The fourth-order valence-electron chi connectivity index (χ4n) is 4.02. The summed E-state index contributed by atoms with van der Waals surface area (Å²) in [6.07, 6.45) is 4.12. The number of pyridine rings is 1. The molecule has 0 radical (unpaired) electrons. The van der Waals surface area contributed by atoms with Gasteiger partial charge in [0.25, 0.3) is 0 Å². The molecular weight excluding hydrogens is 508 g/mol. The van der Waals surface area contributed by atoms with Crippen LogP contribution in [-0.4, -0.2) is 56.6 Å². The summed E-state index contributed by atoms with van der Waals surface area (Å²) in [6.45, 7) is 0.936. The number of benzene rings is 2.